The monoisotopic (exact) mass is 220 g/mol. The van der Waals surface area contributed by atoms with E-state index in [1.54, 1.807) is 0 Å². The molecule has 78 valence electrons. The van der Waals surface area contributed by atoms with E-state index in [1.165, 1.54) is 0 Å². The minimum Gasteiger partial charge on any atom is -0.354 e. The van der Waals surface area contributed by atoms with Gasteiger partial charge in [0.15, 0.2) is 5.82 Å². The highest BCUT2D eigenvalue weighted by Crippen LogP contribution is 2.14. The lowest BCUT2D eigenvalue weighted by Gasteiger charge is -2.09. The number of nitrogens with zero attached hydrogens (tertiary/aromatic N) is 2. The molecule has 1 aromatic rings. The number of aromatic nitrogens is 3. The van der Waals surface area contributed by atoms with E-state index < -0.39 is 12.2 Å². The molecule has 4 nitrogen and oxygen atoms in total. The highest BCUT2D eigenvalue weighted by Gasteiger charge is 2.11. The Balaban J connectivity index is 3.01. The zero-order valence-corrected chi connectivity index (χ0v) is 8.53. The summed E-state index contributed by atoms with van der Waals surface area (Å²) in [6.45, 7) is 3.72. The second-order valence-corrected chi connectivity index (χ2v) is 3.33. The number of halogens is 2. The third-order valence-corrected chi connectivity index (χ3v) is 1.48. The van der Waals surface area contributed by atoms with Crippen LogP contribution in [0.25, 0.3) is 0 Å². The standard InChI is InChI=1S/C7H10F2N4S/c1-3(2)10-6-11-5(4(8)9)12-7(14)13-6/h3-4H,1-2H3,(H2,10,11,12,13,14). The molecule has 0 unspecified atom stereocenters. The fourth-order valence-electron chi connectivity index (χ4n) is 0.846. The SMILES string of the molecule is CC(C)Nc1nc(=S)nc(C(F)F)[nH]1. The van der Waals surface area contributed by atoms with Crippen molar-refractivity contribution in [2.45, 2.75) is 26.3 Å². The van der Waals surface area contributed by atoms with Gasteiger partial charge in [-0.25, -0.2) is 8.78 Å². The lowest BCUT2D eigenvalue weighted by molar-refractivity contribution is 0.140. The molecule has 0 aliphatic rings. The Labute approximate surface area is 84.8 Å². The number of nitrogens with one attached hydrogen (secondary N) is 2. The number of rotatable bonds is 3. The maximum Gasteiger partial charge on any atom is 0.295 e. The van der Waals surface area contributed by atoms with Gasteiger partial charge in [-0.3, -0.25) is 0 Å². The Morgan fingerprint density at radius 3 is 2.50 bits per heavy atom. The number of hydrogen-bond acceptors (Lipinski definition) is 4. The van der Waals surface area contributed by atoms with Gasteiger partial charge in [-0.15, -0.1) is 0 Å². The van der Waals surface area contributed by atoms with Crippen molar-refractivity contribution in [1.82, 2.24) is 15.0 Å². The molecule has 7 heteroatoms. The van der Waals surface area contributed by atoms with Gasteiger partial charge >= 0.3 is 0 Å². The molecule has 14 heavy (non-hydrogen) atoms. The number of hydrogen-bond donors (Lipinski definition) is 2. The van der Waals surface area contributed by atoms with Crippen LogP contribution in [0.15, 0.2) is 0 Å². The van der Waals surface area contributed by atoms with Gasteiger partial charge < -0.3 is 10.3 Å². The maximum absolute atomic E-state index is 12.3. The summed E-state index contributed by atoms with van der Waals surface area (Å²) in [5.74, 6) is -0.247. The molecule has 0 radical (unpaired) electrons. The molecule has 1 rings (SSSR count). The molecule has 0 spiro atoms. The molecule has 0 saturated carbocycles. The van der Waals surface area contributed by atoms with Gasteiger partial charge in [0.2, 0.25) is 10.7 Å². The smallest absolute Gasteiger partial charge is 0.295 e. The van der Waals surface area contributed by atoms with Crippen molar-refractivity contribution in [3.05, 3.63) is 10.6 Å². The van der Waals surface area contributed by atoms with Gasteiger partial charge in [0.25, 0.3) is 6.43 Å². The zero-order valence-electron chi connectivity index (χ0n) is 7.71. The molecule has 0 amide bonds. The van der Waals surface area contributed by atoms with Crippen molar-refractivity contribution in [2.75, 3.05) is 5.32 Å². The van der Waals surface area contributed by atoms with E-state index in [4.69, 9.17) is 0 Å². The van der Waals surface area contributed by atoms with E-state index in [0.717, 1.165) is 0 Å². The Morgan fingerprint density at radius 1 is 1.36 bits per heavy atom. The van der Waals surface area contributed by atoms with Gasteiger partial charge in [0.1, 0.15) is 0 Å². The molecule has 1 aromatic heterocycles. The summed E-state index contributed by atoms with van der Waals surface area (Å²) in [5.41, 5.74) is 0. The molecule has 0 fully saturated rings. The quantitative estimate of drug-likeness (QED) is 0.767. The molecule has 0 atom stereocenters. The van der Waals surface area contributed by atoms with Crippen molar-refractivity contribution in [3.63, 3.8) is 0 Å². The van der Waals surface area contributed by atoms with Crippen LogP contribution in [0, 0.1) is 4.77 Å². The van der Waals surface area contributed by atoms with Crippen LogP contribution >= 0.6 is 12.2 Å². The second kappa shape index (κ2) is 4.41. The van der Waals surface area contributed by atoms with Gasteiger partial charge in [-0.05, 0) is 26.1 Å². The molecule has 2 N–H and O–H groups in total. The van der Waals surface area contributed by atoms with Crippen LogP contribution in [-0.4, -0.2) is 21.0 Å². The first-order chi connectivity index (χ1) is 6.49. The van der Waals surface area contributed by atoms with Crippen LogP contribution in [-0.2, 0) is 0 Å². The third kappa shape index (κ3) is 2.99. The van der Waals surface area contributed by atoms with Gasteiger partial charge in [0.05, 0.1) is 0 Å². The summed E-state index contributed by atoms with van der Waals surface area (Å²) >= 11 is 4.64. The highest BCUT2D eigenvalue weighted by molar-refractivity contribution is 7.71. The lowest BCUT2D eigenvalue weighted by atomic mass is 10.4. The highest BCUT2D eigenvalue weighted by atomic mass is 32.1. The predicted octanol–water partition coefficient (Wildman–Crippen LogP) is 2.29. The molecule has 0 aromatic carbocycles. The van der Waals surface area contributed by atoms with Crippen LogP contribution in [0.4, 0.5) is 14.7 Å². The lowest BCUT2D eigenvalue weighted by Crippen LogP contribution is -2.14. The molecule has 0 aliphatic heterocycles. The predicted molar refractivity (Wildman–Crippen MR) is 50.9 cm³/mol. The Hall–Kier alpha value is -1.11. The van der Waals surface area contributed by atoms with Crippen molar-refractivity contribution in [3.8, 4) is 0 Å². The van der Waals surface area contributed by atoms with Crippen molar-refractivity contribution >= 4 is 18.2 Å². The zero-order chi connectivity index (χ0) is 10.7. The number of aromatic amines is 1. The summed E-state index contributed by atoms with van der Waals surface area (Å²) in [7, 11) is 0. The molecule has 1 heterocycles. The first kappa shape index (κ1) is 11.0. The van der Waals surface area contributed by atoms with Crippen molar-refractivity contribution in [1.29, 1.82) is 0 Å². The third-order valence-electron chi connectivity index (χ3n) is 1.30. The van der Waals surface area contributed by atoms with Crippen LogP contribution in [0.1, 0.15) is 26.1 Å². The Kier molecular flexibility index (Phi) is 3.45. The normalized spacial score (nSPS) is 11.0. The van der Waals surface area contributed by atoms with Gasteiger partial charge in [-0.1, -0.05) is 0 Å². The molecular formula is C7H10F2N4S. The van der Waals surface area contributed by atoms with Crippen LogP contribution in [0.2, 0.25) is 0 Å². The molecule has 0 aliphatic carbocycles. The van der Waals surface area contributed by atoms with Gasteiger partial charge in [0, 0.05) is 6.04 Å². The summed E-state index contributed by atoms with van der Waals surface area (Å²) in [6, 6.07) is 0.0843. The Morgan fingerprint density at radius 2 is 2.00 bits per heavy atom. The maximum atomic E-state index is 12.3. The average Bonchev–Trinajstić information content (AvgIpc) is 2.01. The van der Waals surface area contributed by atoms with Crippen molar-refractivity contribution in [2.24, 2.45) is 0 Å². The van der Waals surface area contributed by atoms with E-state index in [1.807, 2.05) is 13.8 Å². The Bertz CT molecular complexity index is 363. The van der Waals surface area contributed by atoms with Crippen LogP contribution < -0.4 is 5.32 Å². The largest absolute Gasteiger partial charge is 0.354 e. The second-order valence-electron chi connectivity index (χ2n) is 2.96. The number of H-pyrrole nitrogens is 1. The van der Waals surface area contributed by atoms with Gasteiger partial charge in [-0.2, -0.15) is 9.97 Å². The topological polar surface area (TPSA) is 53.6 Å². The summed E-state index contributed by atoms with van der Waals surface area (Å²) < 4.78 is 24.4. The molecular weight excluding hydrogens is 210 g/mol. The minimum atomic E-state index is -2.67. The van der Waals surface area contributed by atoms with E-state index in [0.29, 0.717) is 0 Å². The molecule has 0 bridgehead atoms. The van der Waals surface area contributed by atoms with Crippen LogP contribution in [0.3, 0.4) is 0 Å². The molecule has 0 saturated heterocycles. The fourth-order valence-corrected chi connectivity index (χ4v) is 1.04. The summed E-state index contributed by atoms with van der Waals surface area (Å²) in [5, 5.41) is 2.83. The van der Waals surface area contributed by atoms with Crippen LogP contribution in [0.5, 0.6) is 0 Å². The number of alkyl halides is 2. The summed E-state index contributed by atoms with van der Waals surface area (Å²) in [4.78, 5) is 9.52. The van der Waals surface area contributed by atoms with Crippen molar-refractivity contribution < 1.29 is 8.78 Å². The number of anilines is 1. The van der Waals surface area contributed by atoms with E-state index in [-0.39, 0.29) is 16.8 Å². The van der Waals surface area contributed by atoms with E-state index in [2.05, 4.69) is 32.5 Å². The fraction of sp³-hybridized carbons (Fsp3) is 0.571. The summed E-state index contributed by atoms with van der Waals surface area (Å²) in [6.07, 6.45) is -2.67. The van der Waals surface area contributed by atoms with E-state index in [9.17, 15) is 8.78 Å². The van der Waals surface area contributed by atoms with E-state index >= 15 is 0 Å². The minimum absolute atomic E-state index is 0.0843. The first-order valence-electron chi connectivity index (χ1n) is 4.02. The average molecular weight is 220 g/mol. The first-order valence-corrected chi connectivity index (χ1v) is 4.43.